The molecule has 1 aromatic carbocycles. The molecule has 142 valence electrons. The Morgan fingerprint density at radius 1 is 1.18 bits per heavy atom. The number of H-pyrrole nitrogens is 2. The van der Waals surface area contributed by atoms with Crippen molar-refractivity contribution in [3.05, 3.63) is 47.8 Å². The van der Waals surface area contributed by atoms with E-state index in [0.29, 0.717) is 17.1 Å². The topological polar surface area (TPSA) is 95.7 Å². The molecule has 0 aliphatic carbocycles. The summed E-state index contributed by atoms with van der Waals surface area (Å²) in [7, 11) is 1.42. The van der Waals surface area contributed by atoms with Crippen LogP contribution in [0.25, 0.3) is 33.2 Å². The summed E-state index contributed by atoms with van der Waals surface area (Å²) in [4.78, 5) is 20.5. The van der Waals surface area contributed by atoms with Gasteiger partial charge >= 0.3 is 5.97 Å². The zero-order valence-electron chi connectivity index (χ0n) is 15.6. The van der Waals surface area contributed by atoms with Crippen LogP contribution in [0.5, 0.6) is 0 Å². The number of carbonyl (C=O) groups excluding carboxylic acids is 1. The highest BCUT2D eigenvalue weighted by molar-refractivity contribution is 6.12. The molecule has 0 spiro atoms. The summed E-state index contributed by atoms with van der Waals surface area (Å²) in [5.41, 5.74) is 5.04. The van der Waals surface area contributed by atoms with Crippen LogP contribution in [-0.2, 0) is 4.74 Å². The molecule has 0 atom stereocenters. The van der Waals surface area contributed by atoms with Crippen molar-refractivity contribution in [3.63, 3.8) is 0 Å². The summed E-state index contributed by atoms with van der Waals surface area (Å²) in [6.45, 7) is 2.06. The normalized spacial score (nSPS) is 15.3. The van der Waals surface area contributed by atoms with Gasteiger partial charge in [0.2, 0.25) is 0 Å². The molecule has 3 aromatic heterocycles. The molecule has 0 saturated carbocycles. The Morgan fingerprint density at radius 3 is 2.86 bits per heavy atom. The molecule has 0 bridgehead atoms. The third-order valence-electron chi connectivity index (χ3n) is 5.65. The molecule has 0 radical (unpaired) electrons. The van der Waals surface area contributed by atoms with Gasteiger partial charge in [-0.05, 0) is 55.6 Å². The number of ether oxygens (including phenoxy) is 1. The van der Waals surface area contributed by atoms with Gasteiger partial charge in [-0.1, -0.05) is 6.07 Å². The van der Waals surface area contributed by atoms with E-state index in [0.717, 1.165) is 53.5 Å². The number of esters is 1. The lowest BCUT2D eigenvalue weighted by Gasteiger charge is -2.23. The predicted octanol–water partition coefficient (Wildman–Crippen LogP) is 3.36. The number of nitrogens with one attached hydrogen (secondary N) is 3. The number of rotatable bonds is 3. The fourth-order valence-electron chi connectivity index (χ4n) is 4.20. The summed E-state index contributed by atoms with van der Waals surface area (Å²) in [6, 6.07) is 8.27. The van der Waals surface area contributed by atoms with Crippen molar-refractivity contribution in [2.45, 2.75) is 18.8 Å². The van der Waals surface area contributed by atoms with E-state index in [1.807, 2.05) is 6.07 Å². The van der Waals surface area contributed by atoms with Crippen LogP contribution in [0, 0.1) is 0 Å². The van der Waals surface area contributed by atoms with Crippen LogP contribution in [0.3, 0.4) is 0 Å². The van der Waals surface area contributed by atoms with Gasteiger partial charge < -0.3 is 15.0 Å². The number of pyridine rings is 1. The second-order valence-corrected chi connectivity index (χ2v) is 7.19. The summed E-state index contributed by atoms with van der Waals surface area (Å²) >= 11 is 0. The SMILES string of the molecule is COC(=O)c1c(-c2ccnc3[nH]ncc23)[nH]c2ccc(C3CCNCC3)cc12. The highest BCUT2D eigenvalue weighted by Crippen LogP contribution is 2.36. The van der Waals surface area contributed by atoms with Gasteiger partial charge in [0.05, 0.1) is 24.6 Å². The Kier molecular flexibility index (Phi) is 4.09. The molecular formula is C21H21N5O2. The minimum Gasteiger partial charge on any atom is -0.465 e. The summed E-state index contributed by atoms with van der Waals surface area (Å²) in [6.07, 6.45) is 5.65. The van der Waals surface area contributed by atoms with Crippen molar-refractivity contribution in [3.8, 4) is 11.3 Å². The average molecular weight is 375 g/mol. The van der Waals surface area contributed by atoms with Crippen LogP contribution in [0.2, 0.25) is 0 Å². The molecule has 7 heteroatoms. The number of piperidine rings is 1. The van der Waals surface area contributed by atoms with E-state index in [1.165, 1.54) is 12.7 Å². The lowest BCUT2D eigenvalue weighted by Crippen LogP contribution is -2.26. The largest absolute Gasteiger partial charge is 0.465 e. The monoisotopic (exact) mass is 375 g/mol. The van der Waals surface area contributed by atoms with E-state index >= 15 is 0 Å². The first-order chi connectivity index (χ1) is 13.8. The number of hydrogen-bond donors (Lipinski definition) is 3. The van der Waals surface area contributed by atoms with Crippen LogP contribution < -0.4 is 5.32 Å². The smallest absolute Gasteiger partial charge is 0.340 e. The maximum absolute atomic E-state index is 12.8. The average Bonchev–Trinajstić information content (AvgIpc) is 3.37. The number of carbonyl (C=O) groups is 1. The minimum atomic E-state index is -0.350. The Bertz CT molecular complexity index is 1170. The zero-order valence-corrected chi connectivity index (χ0v) is 15.6. The van der Waals surface area contributed by atoms with E-state index in [9.17, 15) is 4.79 Å². The third kappa shape index (κ3) is 2.66. The van der Waals surface area contributed by atoms with Crippen molar-refractivity contribution >= 4 is 27.9 Å². The molecule has 1 saturated heterocycles. The number of aromatic nitrogens is 4. The van der Waals surface area contributed by atoms with Crippen LogP contribution in [0.15, 0.2) is 36.7 Å². The molecule has 28 heavy (non-hydrogen) atoms. The van der Waals surface area contributed by atoms with Gasteiger partial charge in [0.25, 0.3) is 0 Å². The maximum Gasteiger partial charge on any atom is 0.340 e. The zero-order chi connectivity index (χ0) is 19.1. The van der Waals surface area contributed by atoms with Crippen molar-refractivity contribution in [1.29, 1.82) is 0 Å². The Morgan fingerprint density at radius 2 is 2.04 bits per heavy atom. The van der Waals surface area contributed by atoms with Crippen molar-refractivity contribution in [1.82, 2.24) is 25.5 Å². The van der Waals surface area contributed by atoms with Crippen LogP contribution >= 0.6 is 0 Å². The highest BCUT2D eigenvalue weighted by Gasteiger charge is 2.24. The van der Waals surface area contributed by atoms with Gasteiger partial charge in [-0.15, -0.1) is 0 Å². The summed E-state index contributed by atoms with van der Waals surface area (Å²) < 4.78 is 5.14. The Balaban J connectivity index is 1.73. The molecule has 5 rings (SSSR count). The second kappa shape index (κ2) is 6.76. The van der Waals surface area contributed by atoms with Gasteiger partial charge in [0.1, 0.15) is 0 Å². The third-order valence-corrected chi connectivity index (χ3v) is 5.65. The second-order valence-electron chi connectivity index (χ2n) is 7.19. The molecule has 0 unspecified atom stereocenters. The molecule has 4 heterocycles. The quantitative estimate of drug-likeness (QED) is 0.477. The molecule has 4 aromatic rings. The number of benzene rings is 1. The molecule has 1 aliphatic rings. The van der Waals surface area contributed by atoms with Crippen molar-refractivity contribution < 1.29 is 9.53 Å². The van der Waals surface area contributed by atoms with E-state index in [-0.39, 0.29) is 5.97 Å². The number of hydrogen-bond acceptors (Lipinski definition) is 5. The predicted molar refractivity (Wildman–Crippen MR) is 107 cm³/mol. The first-order valence-electron chi connectivity index (χ1n) is 9.49. The van der Waals surface area contributed by atoms with Crippen molar-refractivity contribution in [2.75, 3.05) is 20.2 Å². The van der Waals surface area contributed by atoms with E-state index in [2.05, 4.69) is 43.7 Å². The van der Waals surface area contributed by atoms with Crippen LogP contribution in [0.1, 0.15) is 34.7 Å². The lowest BCUT2D eigenvalue weighted by molar-refractivity contribution is 0.0604. The number of methoxy groups -OCH3 is 1. The first-order valence-corrected chi connectivity index (χ1v) is 9.49. The lowest BCUT2D eigenvalue weighted by atomic mass is 9.89. The van der Waals surface area contributed by atoms with E-state index in [4.69, 9.17) is 4.74 Å². The summed E-state index contributed by atoms with van der Waals surface area (Å²) in [5, 5.41) is 12.1. The Labute approximate surface area is 161 Å². The van der Waals surface area contributed by atoms with Gasteiger partial charge in [-0.25, -0.2) is 9.78 Å². The molecule has 0 amide bonds. The molecular weight excluding hydrogens is 354 g/mol. The van der Waals surface area contributed by atoms with Gasteiger partial charge in [0.15, 0.2) is 5.65 Å². The Hall–Kier alpha value is -3.19. The fourth-order valence-corrected chi connectivity index (χ4v) is 4.20. The fraction of sp³-hybridized carbons (Fsp3) is 0.286. The maximum atomic E-state index is 12.8. The molecule has 1 aliphatic heterocycles. The minimum absolute atomic E-state index is 0.350. The standard InChI is InChI=1S/C21H21N5O2/c1-28-21(27)18-15-10-13(12-4-7-22-8-5-12)2-3-17(15)25-19(18)14-6-9-23-20-16(14)11-24-26-20/h2-3,6,9-12,22,25H,4-5,7-8H2,1H3,(H,23,24,26). The number of nitrogens with zero attached hydrogens (tertiary/aromatic N) is 2. The van der Waals surface area contributed by atoms with E-state index in [1.54, 1.807) is 12.4 Å². The van der Waals surface area contributed by atoms with E-state index < -0.39 is 0 Å². The summed E-state index contributed by atoms with van der Waals surface area (Å²) in [5.74, 6) is 0.160. The van der Waals surface area contributed by atoms with Gasteiger partial charge in [0, 0.05) is 28.0 Å². The first kappa shape index (κ1) is 16.9. The number of fused-ring (bicyclic) bond motifs is 2. The van der Waals surface area contributed by atoms with Crippen LogP contribution in [0.4, 0.5) is 0 Å². The van der Waals surface area contributed by atoms with Crippen molar-refractivity contribution in [2.24, 2.45) is 0 Å². The highest BCUT2D eigenvalue weighted by atomic mass is 16.5. The molecule has 3 N–H and O–H groups in total. The molecule has 7 nitrogen and oxygen atoms in total. The number of aromatic amines is 2. The van der Waals surface area contributed by atoms with Gasteiger partial charge in [-0.3, -0.25) is 5.10 Å². The van der Waals surface area contributed by atoms with Gasteiger partial charge in [-0.2, -0.15) is 5.10 Å². The molecule has 1 fully saturated rings. The van der Waals surface area contributed by atoms with Crippen LogP contribution in [-0.4, -0.2) is 46.3 Å².